The first-order valence-electron chi connectivity index (χ1n) is 10.1. The van der Waals surface area contributed by atoms with Crippen LogP contribution in [-0.2, 0) is 11.3 Å². The van der Waals surface area contributed by atoms with Crippen molar-refractivity contribution in [2.45, 2.75) is 20.4 Å². The second kappa shape index (κ2) is 9.65. The van der Waals surface area contributed by atoms with E-state index >= 15 is 0 Å². The van der Waals surface area contributed by atoms with Crippen molar-refractivity contribution >= 4 is 11.8 Å². The molecule has 0 atom stereocenters. The Bertz CT molecular complexity index is 848. The zero-order chi connectivity index (χ0) is 20.8. The molecule has 2 aromatic carbocycles. The molecular weight excluding hydrogens is 369 g/mol. The van der Waals surface area contributed by atoms with E-state index in [-0.39, 0.29) is 17.6 Å². The van der Waals surface area contributed by atoms with Gasteiger partial charge in [-0.2, -0.15) is 0 Å². The molecule has 0 N–H and O–H groups in total. The average molecular weight is 397 g/mol. The number of nitrogens with zero attached hydrogens (tertiary/aromatic N) is 3. The Morgan fingerprint density at radius 2 is 1.72 bits per heavy atom. The summed E-state index contributed by atoms with van der Waals surface area (Å²) < 4.78 is 13.8. The van der Waals surface area contributed by atoms with Crippen LogP contribution in [-0.4, -0.2) is 65.8 Å². The summed E-state index contributed by atoms with van der Waals surface area (Å²) in [6, 6.07) is 14.6. The predicted octanol–water partition coefficient (Wildman–Crippen LogP) is 2.94. The summed E-state index contributed by atoms with van der Waals surface area (Å²) in [6.45, 7) is 7.61. The number of halogens is 1. The summed E-state index contributed by atoms with van der Waals surface area (Å²) in [5.74, 6) is -0.427. The van der Waals surface area contributed by atoms with Gasteiger partial charge in [-0.05, 0) is 37.1 Å². The highest BCUT2D eigenvalue weighted by atomic mass is 19.1. The zero-order valence-corrected chi connectivity index (χ0v) is 17.1. The number of piperazine rings is 1. The maximum atomic E-state index is 13.8. The number of benzene rings is 2. The Morgan fingerprint density at radius 1 is 1.03 bits per heavy atom. The first-order valence-corrected chi connectivity index (χ1v) is 10.1. The van der Waals surface area contributed by atoms with E-state index in [0.717, 1.165) is 5.56 Å². The molecule has 0 bridgehead atoms. The molecule has 1 heterocycles. The molecule has 1 aliphatic heterocycles. The van der Waals surface area contributed by atoms with Gasteiger partial charge >= 0.3 is 0 Å². The van der Waals surface area contributed by atoms with Crippen LogP contribution in [0.25, 0.3) is 0 Å². The van der Waals surface area contributed by atoms with Gasteiger partial charge in [0, 0.05) is 44.8 Å². The third-order valence-corrected chi connectivity index (χ3v) is 5.39. The lowest BCUT2D eigenvalue weighted by molar-refractivity contribution is -0.133. The number of rotatable bonds is 6. The first-order chi connectivity index (χ1) is 14.0. The van der Waals surface area contributed by atoms with Gasteiger partial charge in [-0.25, -0.2) is 4.39 Å². The monoisotopic (exact) mass is 397 g/mol. The first kappa shape index (κ1) is 21.0. The molecular formula is C23H28FN3O2. The van der Waals surface area contributed by atoms with Crippen LogP contribution in [0.15, 0.2) is 48.5 Å². The molecule has 1 fully saturated rings. The van der Waals surface area contributed by atoms with E-state index in [2.05, 4.69) is 4.90 Å². The number of aryl methyl sites for hydroxylation is 1. The lowest BCUT2D eigenvalue weighted by atomic mass is 10.1. The summed E-state index contributed by atoms with van der Waals surface area (Å²) in [7, 11) is 0. The van der Waals surface area contributed by atoms with Crippen molar-refractivity contribution in [3.8, 4) is 0 Å². The predicted molar refractivity (Wildman–Crippen MR) is 111 cm³/mol. The van der Waals surface area contributed by atoms with E-state index in [1.54, 1.807) is 24.0 Å². The van der Waals surface area contributed by atoms with Gasteiger partial charge in [0.1, 0.15) is 5.82 Å². The molecule has 0 aromatic heterocycles. The van der Waals surface area contributed by atoms with Crippen LogP contribution in [0.5, 0.6) is 0 Å². The highest BCUT2D eigenvalue weighted by Crippen LogP contribution is 2.14. The lowest BCUT2D eigenvalue weighted by Crippen LogP contribution is -2.51. The molecule has 1 aliphatic rings. The molecule has 1 saturated heterocycles. The summed E-state index contributed by atoms with van der Waals surface area (Å²) in [4.78, 5) is 31.0. The van der Waals surface area contributed by atoms with Gasteiger partial charge in [0.2, 0.25) is 5.91 Å². The van der Waals surface area contributed by atoms with Crippen LogP contribution in [0.1, 0.15) is 28.4 Å². The molecule has 2 aromatic rings. The number of carbonyl (C=O) groups is 2. The maximum absolute atomic E-state index is 13.8. The molecule has 0 spiro atoms. The van der Waals surface area contributed by atoms with Crippen molar-refractivity contribution in [1.29, 1.82) is 0 Å². The van der Waals surface area contributed by atoms with Gasteiger partial charge in [-0.1, -0.05) is 36.4 Å². The molecule has 3 rings (SSSR count). The molecule has 154 valence electrons. The second-order valence-electron chi connectivity index (χ2n) is 7.43. The molecule has 0 radical (unpaired) electrons. The highest BCUT2D eigenvalue weighted by molar-refractivity contribution is 5.94. The maximum Gasteiger partial charge on any atom is 0.254 e. The molecule has 0 saturated carbocycles. The number of amides is 2. The van der Waals surface area contributed by atoms with Crippen molar-refractivity contribution in [2.75, 3.05) is 39.3 Å². The Hall–Kier alpha value is -2.73. The van der Waals surface area contributed by atoms with Crippen molar-refractivity contribution in [3.05, 3.63) is 71.0 Å². The smallest absolute Gasteiger partial charge is 0.254 e. The van der Waals surface area contributed by atoms with Crippen LogP contribution in [0.2, 0.25) is 0 Å². The standard InChI is InChI=1S/C23H28FN3O2/c1-3-26(16-19-7-5-4-6-8-19)22(28)17-25-11-13-27(14-12-25)23(29)20-10-9-18(2)21(24)15-20/h4-10,15H,3,11-14,16-17H2,1-2H3. The second-order valence-corrected chi connectivity index (χ2v) is 7.43. The van der Waals surface area contributed by atoms with Crippen molar-refractivity contribution in [1.82, 2.24) is 14.7 Å². The summed E-state index contributed by atoms with van der Waals surface area (Å²) in [5, 5.41) is 0. The van der Waals surface area contributed by atoms with E-state index in [1.165, 1.54) is 6.07 Å². The zero-order valence-electron chi connectivity index (χ0n) is 17.1. The number of carbonyl (C=O) groups excluding carboxylic acids is 2. The van der Waals surface area contributed by atoms with Crippen LogP contribution < -0.4 is 0 Å². The Kier molecular flexibility index (Phi) is 6.99. The van der Waals surface area contributed by atoms with Crippen LogP contribution in [0.4, 0.5) is 4.39 Å². The van der Waals surface area contributed by atoms with Crippen LogP contribution in [0, 0.1) is 12.7 Å². The number of likely N-dealkylation sites (N-methyl/N-ethyl adjacent to an activating group) is 1. The Labute approximate surface area is 171 Å². The minimum Gasteiger partial charge on any atom is -0.338 e. The van der Waals surface area contributed by atoms with Gasteiger partial charge in [-0.15, -0.1) is 0 Å². The fourth-order valence-corrected chi connectivity index (χ4v) is 3.49. The van der Waals surface area contributed by atoms with Gasteiger partial charge < -0.3 is 9.80 Å². The largest absolute Gasteiger partial charge is 0.338 e. The van der Waals surface area contributed by atoms with Crippen molar-refractivity contribution < 1.29 is 14.0 Å². The van der Waals surface area contributed by atoms with E-state index < -0.39 is 0 Å². The highest BCUT2D eigenvalue weighted by Gasteiger charge is 2.25. The van der Waals surface area contributed by atoms with E-state index in [4.69, 9.17) is 0 Å². The van der Waals surface area contributed by atoms with Crippen molar-refractivity contribution in [2.24, 2.45) is 0 Å². The van der Waals surface area contributed by atoms with Gasteiger partial charge in [0.25, 0.3) is 5.91 Å². The minimum absolute atomic E-state index is 0.0942. The normalized spacial score (nSPS) is 14.7. The van der Waals surface area contributed by atoms with E-state index in [0.29, 0.717) is 56.9 Å². The summed E-state index contributed by atoms with van der Waals surface area (Å²) in [5.41, 5.74) is 2.02. The fraction of sp³-hybridized carbons (Fsp3) is 0.391. The topological polar surface area (TPSA) is 43.9 Å². The van der Waals surface area contributed by atoms with Crippen molar-refractivity contribution in [3.63, 3.8) is 0 Å². The Balaban J connectivity index is 1.51. The third-order valence-electron chi connectivity index (χ3n) is 5.39. The average Bonchev–Trinajstić information content (AvgIpc) is 2.74. The minimum atomic E-state index is -0.363. The van der Waals surface area contributed by atoms with Gasteiger partial charge in [0.15, 0.2) is 0 Å². The summed E-state index contributed by atoms with van der Waals surface area (Å²) >= 11 is 0. The quantitative estimate of drug-likeness (QED) is 0.753. The van der Waals surface area contributed by atoms with Crippen LogP contribution in [0.3, 0.4) is 0 Å². The molecule has 2 amide bonds. The van der Waals surface area contributed by atoms with E-state index in [1.807, 2.05) is 42.2 Å². The van der Waals surface area contributed by atoms with Gasteiger partial charge in [-0.3, -0.25) is 14.5 Å². The van der Waals surface area contributed by atoms with Gasteiger partial charge in [0.05, 0.1) is 6.54 Å². The third kappa shape index (κ3) is 5.41. The molecule has 29 heavy (non-hydrogen) atoms. The molecule has 5 nitrogen and oxygen atoms in total. The SMILES string of the molecule is CCN(Cc1ccccc1)C(=O)CN1CCN(C(=O)c2ccc(C)c(F)c2)CC1. The number of hydrogen-bond acceptors (Lipinski definition) is 3. The molecule has 0 aliphatic carbocycles. The molecule has 6 heteroatoms. The van der Waals surface area contributed by atoms with Crippen LogP contribution >= 0.6 is 0 Å². The molecule has 0 unspecified atom stereocenters. The number of hydrogen-bond donors (Lipinski definition) is 0. The fourth-order valence-electron chi connectivity index (χ4n) is 3.49. The Morgan fingerprint density at radius 3 is 2.34 bits per heavy atom. The lowest BCUT2D eigenvalue weighted by Gasteiger charge is -2.35. The van der Waals surface area contributed by atoms with E-state index in [9.17, 15) is 14.0 Å². The summed E-state index contributed by atoms with van der Waals surface area (Å²) in [6.07, 6.45) is 0.